The molecule has 2 nitrogen and oxygen atoms in total. The summed E-state index contributed by atoms with van der Waals surface area (Å²) < 4.78 is 13.3. The van der Waals surface area contributed by atoms with E-state index in [4.69, 9.17) is 17.2 Å². The molecule has 1 aliphatic carbocycles. The molecular formula is C15H17FN2S. The van der Waals surface area contributed by atoms with E-state index < -0.39 is 0 Å². The minimum atomic E-state index is -0.246. The van der Waals surface area contributed by atoms with E-state index in [1.165, 1.54) is 37.8 Å². The fourth-order valence-corrected chi connectivity index (χ4v) is 3.30. The van der Waals surface area contributed by atoms with Crippen LogP contribution in [0.5, 0.6) is 0 Å². The lowest BCUT2D eigenvalue weighted by Crippen LogP contribution is -2.41. The summed E-state index contributed by atoms with van der Waals surface area (Å²) in [6, 6.07) is 6.51. The Morgan fingerprint density at radius 2 is 1.89 bits per heavy atom. The van der Waals surface area contributed by atoms with Gasteiger partial charge in [0.15, 0.2) is 0 Å². The van der Waals surface area contributed by atoms with Crippen molar-refractivity contribution in [3.63, 3.8) is 0 Å². The highest BCUT2D eigenvalue weighted by Gasteiger charge is 2.37. The molecule has 1 aromatic rings. The minimum Gasteiger partial charge on any atom is -0.351 e. The number of aliphatic imine (C=N–C) groups is 1. The smallest absolute Gasteiger partial charge is 0.131 e. The molecule has 1 aliphatic heterocycles. The zero-order valence-electron chi connectivity index (χ0n) is 10.8. The molecule has 19 heavy (non-hydrogen) atoms. The van der Waals surface area contributed by atoms with Crippen molar-refractivity contribution in [1.82, 2.24) is 5.32 Å². The summed E-state index contributed by atoms with van der Waals surface area (Å²) in [5.74, 6) is -0.246. The first kappa shape index (κ1) is 12.7. The van der Waals surface area contributed by atoms with Crippen LogP contribution in [0.4, 0.5) is 4.39 Å². The van der Waals surface area contributed by atoms with E-state index >= 15 is 0 Å². The van der Waals surface area contributed by atoms with Gasteiger partial charge in [-0.15, -0.1) is 0 Å². The van der Waals surface area contributed by atoms with E-state index in [0.717, 1.165) is 24.1 Å². The van der Waals surface area contributed by atoms with Gasteiger partial charge in [0.2, 0.25) is 0 Å². The standard InChI is InChI=1S/C15H17FN2S/c16-12-7-5-6-11(10-12)13-14(19)18-15(17-13)8-3-1-2-4-9-15/h5-7,10H,1-4,8-9H2,(H,18,19). The highest BCUT2D eigenvalue weighted by molar-refractivity contribution is 7.82. The lowest BCUT2D eigenvalue weighted by Gasteiger charge is -2.24. The third kappa shape index (κ3) is 2.54. The quantitative estimate of drug-likeness (QED) is 0.793. The van der Waals surface area contributed by atoms with Crippen LogP contribution in [0.25, 0.3) is 0 Å². The van der Waals surface area contributed by atoms with Gasteiger partial charge in [0, 0.05) is 5.56 Å². The zero-order chi connectivity index (χ0) is 13.3. The molecule has 2 aliphatic rings. The molecule has 0 bridgehead atoms. The molecule has 0 unspecified atom stereocenters. The van der Waals surface area contributed by atoms with Crippen LogP contribution in [0.3, 0.4) is 0 Å². The van der Waals surface area contributed by atoms with Gasteiger partial charge in [0.25, 0.3) is 0 Å². The Bertz CT molecular complexity index is 531. The van der Waals surface area contributed by atoms with Crippen molar-refractivity contribution >= 4 is 22.9 Å². The van der Waals surface area contributed by atoms with Crippen molar-refractivity contribution in [3.8, 4) is 0 Å². The van der Waals surface area contributed by atoms with Crippen LogP contribution in [0.1, 0.15) is 44.1 Å². The maximum atomic E-state index is 13.3. The summed E-state index contributed by atoms with van der Waals surface area (Å²) in [5.41, 5.74) is 1.30. The maximum Gasteiger partial charge on any atom is 0.131 e. The van der Waals surface area contributed by atoms with Crippen molar-refractivity contribution in [2.45, 2.75) is 44.2 Å². The predicted molar refractivity (Wildman–Crippen MR) is 79.1 cm³/mol. The average molecular weight is 276 g/mol. The first-order valence-corrected chi connectivity index (χ1v) is 7.28. The van der Waals surface area contributed by atoms with E-state index in [1.807, 2.05) is 6.07 Å². The molecule has 1 N–H and O–H groups in total. The number of nitrogens with one attached hydrogen (secondary N) is 1. The first-order chi connectivity index (χ1) is 9.19. The van der Waals surface area contributed by atoms with Crippen LogP contribution in [0.15, 0.2) is 29.3 Å². The Kier molecular flexibility index (Phi) is 3.35. The van der Waals surface area contributed by atoms with Gasteiger partial charge in [0.1, 0.15) is 22.2 Å². The Morgan fingerprint density at radius 3 is 2.58 bits per heavy atom. The van der Waals surface area contributed by atoms with E-state index in [-0.39, 0.29) is 11.5 Å². The van der Waals surface area contributed by atoms with E-state index in [1.54, 1.807) is 6.07 Å². The average Bonchev–Trinajstić information content (AvgIpc) is 2.57. The monoisotopic (exact) mass is 276 g/mol. The van der Waals surface area contributed by atoms with Gasteiger partial charge < -0.3 is 5.32 Å². The summed E-state index contributed by atoms with van der Waals surface area (Å²) in [4.78, 5) is 5.49. The SMILES string of the molecule is Fc1cccc(C2=NC3(CCCCCC3)NC2=S)c1. The molecule has 1 heterocycles. The van der Waals surface area contributed by atoms with Crippen molar-refractivity contribution in [1.29, 1.82) is 0 Å². The van der Waals surface area contributed by atoms with Gasteiger partial charge in [-0.1, -0.05) is 37.2 Å². The second-order valence-electron chi connectivity index (χ2n) is 5.37. The van der Waals surface area contributed by atoms with Gasteiger partial charge in [-0.3, -0.25) is 4.99 Å². The van der Waals surface area contributed by atoms with Crippen molar-refractivity contribution < 1.29 is 4.39 Å². The Labute approximate surface area is 118 Å². The number of benzene rings is 1. The van der Waals surface area contributed by atoms with Gasteiger partial charge in [-0.25, -0.2) is 4.39 Å². The Morgan fingerprint density at radius 1 is 1.16 bits per heavy atom. The second kappa shape index (κ2) is 5.00. The van der Waals surface area contributed by atoms with Crippen LogP contribution in [0.2, 0.25) is 0 Å². The fraction of sp³-hybridized carbons (Fsp3) is 0.467. The number of thiocarbonyl (C=S) groups is 1. The zero-order valence-corrected chi connectivity index (χ0v) is 11.6. The van der Waals surface area contributed by atoms with E-state index in [0.29, 0.717) is 4.99 Å². The van der Waals surface area contributed by atoms with Gasteiger partial charge in [-0.2, -0.15) is 0 Å². The van der Waals surface area contributed by atoms with E-state index in [9.17, 15) is 4.39 Å². The van der Waals surface area contributed by atoms with Crippen molar-refractivity contribution in [2.75, 3.05) is 0 Å². The second-order valence-corrected chi connectivity index (χ2v) is 5.78. The maximum absolute atomic E-state index is 13.3. The molecule has 4 heteroatoms. The van der Waals surface area contributed by atoms with Crippen molar-refractivity contribution in [2.24, 2.45) is 4.99 Å². The number of halogens is 1. The molecule has 1 aromatic carbocycles. The molecular weight excluding hydrogens is 259 g/mol. The lowest BCUT2D eigenvalue weighted by molar-refractivity contribution is 0.360. The van der Waals surface area contributed by atoms with Crippen LogP contribution in [0, 0.1) is 5.82 Å². The molecule has 1 spiro atoms. The minimum absolute atomic E-state index is 0.227. The molecule has 0 radical (unpaired) electrons. The normalized spacial score (nSPS) is 21.9. The van der Waals surface area contributed by atoms with E-state index in [2.05, 4.69) is 5.32 Å². The molecule has 3 rings (SSSR count). The molecule has 0 atom stereocenters. The van der Waals surface area contributed by atoms with Gasteiger partial charge in [-0.05, 0) is 37.8 Å². The number of nitrogens with zero attached hydrogens (tertiary/aromatic N) is 1. The highest BCUT2D eigenvalue weighted by Crippen LogP contribution is 2.32. The van der Waals surface area contributed by atoms with Crippen molar-refractivity contribution in [3.05, 3.63) is 35.6 Å². The summed E-state index contributed by atoms with van der Waals surface area (Å²) in [6.07, 6.45) is 6.92. The lowest BCUT2D eigenvalue weighted by atomic mass is 10.0. The summed E-state index contributed by atoms with van der Waals surface area (Å²) in [5, 5.41) is 3.38. The Hall–Kier alpha value is -1.29. The topological polar surface area (TPSA) is 24.4 Å². The van der Waals surface area contributed by atoms with Crippen LogP contribution >= 0.6 is 12.2 Å². The molecule has 0 amide bonds. The first-order valence-electron chi connectivity index (χ1n) is 6.87. The molecule has 0 saturated heterocycles. The van der Waals surface area contributed by atoms with Gasteiger partial charge in [0.05, 0.1) is 0 Å². The fourth-order valence-electron chi connectivity index (χ4n) is 2.94. The molecule has 100 valence electrons. The van der Waals surface area contributed by atoms with Crippen LogP contribution in [-0.2, 0) is 0 Å². The Balaban J connectivity index is 1.94. The number of hydrogen-bond donors (Lipinski definition) is 1. The third-order valence-electron chi connectivity index (χ3n) is 3.92. The van der Waals surface area contributed by atoms with Gasteiger partial charge >= 0.3 is 0 Å². The van der Waals surface area contributed by atoms with Crippen LogP contribution in [-0.4, -0.2) is 16.4 Å². The summed E-state index contributed by atoms with van der Waals surface area (Å²) >= 11 is 5.40. The number of hydrogen-bond acceptors (Lipinski definition) is 2. The highest BCUT2D eigenvalue weighted by atomic mass is 32.1. The largest absolute Gasteiger partial charge is 0.351 e. The molecule has 1 fully saturated rings. The summed E-state index contributed by atoms with van der Waals surface area (Å²) in [6.45, 7) is 0. The summed E-state index contributed by atoms with van der Waals surface area (Å²) in [7, 11) is 0. The predicted octanol–water partition coefficient (Wildman–Crippen LogP) is 3.60. The van der Waals surface area contributed by atoms with Crippen LogP contribution < -0.4 is 5.32 Å². The molecule has 1 saturated carbocycles. The third-order valence-corrected chi connectivity index (χ3v) is 4.21. The number of rotatable bonds is 1. The molecule has 0 aromatic heterocycles.